The van der Waals surface area contributed by atoms with E-state index in [4.69, 9.17) is 65.5 Å². The van der Waals surface area contributed by atoms with Crippen molar-refractivity contribution in [2.45, 2.75) is 18.5 Å². The first-order valence-electron chi connectivity index (χ1n) is 26.2. The second kappa shape index (κ2) is 27.7. The molecule has 2 amide bonds. The number of amides is 2. The molecule has 0 spiro atoms. The zero-order valence-corrected chi connectivity index (χ0v) is 49.8. The topological polar surface area (TPSA) is 301 Å². The standard InChI is InChI=1S/C20H11ClF5N5O2.C20H9ClF5N5O2.C19H10ClF5N4O.H2N/c2*21-12-5-2-6-13(23)14(12)16-15(19(32)29-27)17(33-30-16)11-8-28-31(18(11)20(24,25)26)10-4-1-3-9(22)7-10;20-12-5-2-6-13(22)14(12)16-15(26)17(30-28-16)11-8-27-29(18(11)19(23,24)25)10-4-1-3-9(21)7-10;/h1-8H,27H2,(H,29,32);1-8,27H;1-8H,26H2;1H2/q;;;-1/p+1. The Morgan fingerprint density at radius 3 is 1.11 bits per heavy atom. The van der Waals surface area contributed by atoms with E-state index in [1.54, 1.807) is 5.43 Å². The molecule has 0 atom stereocenters. The number of anilines is 1. The lowest BCUT2D eigenvalue weighted by Crippen LogP contribution is -2.30. The summed E-state index contributed by atoms with van der Waals surface area (Å²) in [5.41, 5.74) is 2.26. The molecule has 0 aliphatic carbocycles. The van der Waals surface area contributed by atoms with Crippen LogP contribution in [0.25, 0.3) is 91.0 Å². The molecule has 0 aliphatic rings. The van der Waals surface area contributed by atoms with Crippen LogP contribution in [0.2, 0.25) is 15.1 Å². The first-order valence-corrected chi connectivity index (χ1v) is 27.4. The smallest absolute Gasteiger partial charge is 0.434 e. The number of aromatic nitrogens is 9. The van der Waals surface area contributed by atoms with E-state index in [1.807, 2.05) is 0 Å². The minimum Gasteiger partial charge on any atom is -0.693 e. The zero-order valence-electron chi connectivity index (χ0n) is 47.5. The van der Waals surface area contributed by atoms with E-state index in [-0.39, 0.29) is 60.8 Å². The average Bonchev–Trinajstić information content (AvgIpc) is 1.63. The van der Waals surface area contributed by atoms with Gasteiger partial charge in [0.2, 0.25) is 0 Å². The minimum atomic E-state index is -5.04. The number of nitrogens with one attached hydrogen (secondary N) is 1. The maximum Gasteiger partial charge on any atom is 0.434 e. The Bertz CT molecular complexity index is 4920. The van der Waals surface area contributed by atoms with Crippen LogP contribution in [0, 0.1) is 34.9 Å². The Morgan fingerprint density at radius 2 is 0.784 bits per heavy atom. The van der Waals surface area contributed by atoms with Crippen molar-refractivity contribution in [2.24, 2.45) is 11.0 Å². The lowest BCUT2D eigenvalue weighted by Gasteiger charge is -2.12. The molecule has 9 N–H and O–H groups in total. The van der Waals surface area contributed by atoms with E-state index in [1.165, 1.54) is 72.8 Å². The van der Waals surface area contributed by atoms with E-state index in [2.05, 4.69) is 35.9 Å². The molecule has 38 heteroatoms. The van der Waals surface area contributed by atoms with Gasteiger partial charge in [0.05, 0.1) is 84.1 Å². The highest BCUT2D eigenvalue weighted by Gasteiger charge is 2.45. The summed E-state index contributed by atoms with van der Waals surface area (Å²) in [6.45, 7) is 0. The number of nitrogens with zero attached hydrogens (tertiary/aromatic N) is 10. The number of hydrogen-bond donors (Lipinski definition) is 4. The Balaban J connectivity index is 0.000000170. The Kier molecular flexibility index (Phi) is 20.0. The lowest BCUT2D eigenvalue weighted by atomic mass is 10.0. The van der Waals surface area contributed by atoms with E-state index in [9.17, 15) is 75.4 Å². The van der Waals surface area contributed by atoms with Crippen LogP contribution in [-0.2, 0) is 18.5 Å². The number of alkyl halides is 9. The third kappa shape index (κ3) is 13.9. The third-order valence-corrected chi connectivity index (χ3v) is 14.4. The Morgan fingerprint density at radius 1 is 0.474 bits per heavy atom. The van der Waals surface area contributed by atoms with Gasteiger partial charge < -0.3 is 25.5 Å². The Hall–Kier alpha value is -11.1. The van der Waals surface area contributed by atoms with Crippen molar-refractivity contribution < 1.29 is 94.5 Å². The summed E-state index contributed by atoms with van der Waals surface area (Å²) in [6, 6.07) is 24.0. The summed E-state index contributed by atoms with van der Waals surface area (Å²) in [4.78, 5) is 25.0. The zero-order chi connectivity index (χ0) is 69.5. The molecule has 0 bridgehead atoms. The molecular formula is C59H33Cl3F15N15O5. The van der Waals surface area contributed by atoms with Crippen LogP contribution in [0.5, 0.6) is 0 Å². The molecule has 0 saturated carbocycles. The third-order valence-electron chi connectivity index (χ3n) is 13.4. The highest BCUT2D eigenvalue weighted by molar-refractivity contribution is 6.34. The fourth-order valence-corrected chi connectivity index (χ4v) is 10.2. The molecule has 0 fully saturated rings. The van der Waals surface area contributed by atoms with Crippen molar-refractivity contribution in [1.29, 1.82) is 0 Å². The maximum atomic E-state index is 14.5. The summed E-state index contributed by atoms with van der Waals surface area (Å²) in [7, 11) is 0. The fraction of sp³-hybridized carbons (Fsp3) is 0.0508. The predicted octanol–water partition coefficient (Wildman–Crippen LogP) is 15.7. The van der Waals surface area contributed by atoms with E-state index in [0.717, 1.165) is 73.2 Å². The largest absolute Gasteiger partial charge is 0.693 e. The van der Waals surface area contributed by atoms with Gasteiger partial charge in [-0.25, -0.2) is 46.2 Å². The van der Waals surface area contributed by atoms with Crippen molar-refractivity contribution in [3.63, 3.8) is 0 Å². The first-order chi connectivity index (χ1) is 45.4. The monoisotopic (exact) mass is 1420 g/mol. The lowest BCUT2D eigenvalue weighted by molar-refractivity contribution is -0.211. The van der Waals surface area contributed by atoms with Gasteiger partial charge in [-0.1, -0.05) is 86.7 Å². The van der Waals surface area contributed by atoms with Crippen LogP contribution >= 0.6 is 34.8 Å². The second-order valence-corrected chi connectivity index (χ2v) is 20.6. The summed E-state index contributed by atoms with van der Waals surface area (Å²) >= 11 is 18.0. The van der Waals surface area contributed by atoms with Crippen LogP contribution in [-0.4, -0.2) is 56.6 Å². The molecule has 6 aromatic heterocycles. The van der Waals surface area contributed by atoms with Gasteiger partial charge in [-0.15, -0.1) is 5.53 Å². The van der Waals surface area contributed by atoms with Crippen LogP contribution in [0.15, 0.2) is 165 Å². The molecule has 97 heavy (non-hydrogen) atoms. The second-order valence-electron chi connectivity index (χ2n) is 19.3. The van der Waals surface area contributed by atoms with E-state index >= 15 is 0 Å². The van der Waals surface area contributed by atoms with Crippen molar-refractivity contribution in [2.75, 3.05) is 5.73 Å². The van der Waals surface area contributed by atoms with Gasteiger partial charge in [-0.3, -0.25) is 15.0 Å². The number of hydrazine groups is 1. The molecule has 500 valence electrons. The van der Waals surface area contributed by atoms with Crippen molar-refractivity contribution >= 4 is 52.3 Å². The molecule has 0 aliphatic heterocycles. The predicted molar refractivity (Wildman–Crippen MR) is 313 cm³/mol. The van der Waals surface area contributed by atoms with E-state index in [0.29, 0.717) is 14.0 Å². The molecule has 12 rings (SSSR count). The van der Waals surface area contributed by atoms with Crippen molar-refractivity contribution in [3.05, 3.63) is 230 Å². The van der Waals surface area contributed by atoms with Crippen molar-refractivity contribution in [1.82, 2.24) is 50.2 Å². The Labute approximate surface area is 545 Å². The number of nitrogen functional groups attached to an aromatic ring is 2. The van der Waals surface area contributed by atoms with Gasteiger partial charge in [0.25, 0.3) is 5.91 Å². The van der Waals surface area contributed by atoms with Gasteiger partial charge in [0.15, 0.2) is 34.4 Å². The van der Waals surface area contributed by atoms with Gasteiger partial charge in [-0.2, -0.15) is 54.8 Å². The summed E-state index contributed by atoms with van der Waals surface area (Å²) in [6.07, 6.45) is -12.6. The number of benzene rings is 6. The van der Waals surface area contributed by atoms with Gasteiger partial charge in [0.1, 0.15) is 68.8 Å². The van der Waals surface area contributed by atoms with Gasteiger partial charge in [0, 0.05) is 5.11 Å². The molecular weight excluding hydrogens is 1390 g/mol. The first kappa shape index (κ1) is 70.2. The molecule has 20 nitrogen and oxygen atoms in total. The fourth-order valence-electron chi connectivity index (χ4n) is 9.45. The number of hydrogen-bond acceptors (Lipinski definition) is 13. The SMILES string of the molecule is NNC(=O)c1c(-c2c(F)cccc2Cl)noc1-c1cnn(-c2cccc(F)c2)c1C(F)(F)F.Nc1c(-c2c(F)cccc2Cl)noc1-c1cnn(-c2cccc(F)c2)c1C(F)(F)F.[NH2+]=NC(=O)c1c(-c2c(F)cccc2Cl)noc1-c1cnn(-c2cccc(F)c2)c1C(F)(F)F.[NH2-]. The minimum absolute atomic E-state index is 0. The summed E-state index contributed by atoms with van der Waals surface area (Å²) in [5, 5.41) is 24.4. The number of carbonyl (C=O) groups excluding carboxylic acids is 2. The molecule has 0 saturated heterocycles. The summed E-state index contributed by atoms with van der Waals surface area (Å²) < 4.78 is 226. The number of rotatable bonds is 11. The normalized spacial score (nSPS) is 11.5. The summed E-state index contributed by atoms with van der Waals surface area (Å²) in [5.74, 6) is -3.99. The molecule has 6 heterocycles. The van der Waals surface area contributed by atoms with Crippen LogP contribution in [0.3, 0.4) is 0 Å². The van der Waals surface area contributed by atoms with Gasteiger partial charge >= 0.3 is 24.4 Å². The quantitative estimate of drug-likeness (QED) is 0.0308. The van der Waals surface area contributed by atoms with Crippen molar-refractivity contribution in [3.8, 4) is 84.8 Å². The molecule has 0 radical (unpaired) electrons. The number of halogens is 18. The highest BCUT2D eigenvalue weighted by atomic mass is 35.5. The molecule has 0 unspecified atom stereocenters. The highest BCUT2D eigenvalue weighted by Crippen LogP contribution is 2.47. The van der Waals surface area contributed by atoms with Crippen LogP contribution < -0.4 is 22.5 Å². The average molecular weight is 1420 g/mol. The van der Waals surface area contributed by atoms with Gasteiger partial charge in [-0.05, 0) is 91.0 Å². The number of carbonyl (C=O) groups is 2. The maximum absolute atomic E-state index is 14.5. The molecule has 12 aromatic rings. The number of nitrogens with two attached hydrogens (primary N) is 4. The van der Waals surface area contributed by atoms with Crippen LogP contribution in [0.1, 0.15) is 37.8 Å². The van der Waals surface area contributed by atoms with Crippen LogP contribution in [0.4, 0.5) is 71.5 Å². The van der Waals surface area contributed by atoms with E-state index < -0.39 is 144 Å². The molecule has 6 aromatic carbocycles.